The van der Waals surface area contributed by atoms with E-state index in [1.807, 2.05) is 18.2 Å². The molecule has 110 valence electrons. The number of carbonyl (C=O) groups excluding carboxylic acids is 1. The van der Waals surface area contributed by atoms with Crippen LogP contribution in [0.5, 0.6) is 0 Å². The summed E-state index contributed by atoms with van der Waals surface area (Å²) in [4.78, 5) is 12.4. The van der Waals surface area contributed by atoms with E-state index >= 15 is 0 Å². The lowest BCUT2D eigenvalue weighted by Crippen LogP contribution is -2.52. The van der Waals surface area contributed by atoms with Crippen molar-refractivity contribution in [3.8, 4) is 0 Å². The second-order valence-electron chi connectivity index (χ2n) is 5.40. The first-order chi connectivity index (χ1) is 9.70. The minimum Gasteiger partial charge on any atom is -0.380 e. The molecule has 1 amide bonds. The molecule has 1 atom stereocenters. The molecule has 0 aromatic heterocycles. The Morgan fingerprint density at radius 3 is 2.90 bits per heavy atom. The van der Waals surface area contributed by atoms with Crippen molar-refractivity contribution >= 4 is 5.91 Å². The van der Waals surface area contributed by atoms with Crippen molar-refractivity contribution in [1.82, 2.24) is 10.6 Å². The van der Waals surface area contributed by atoms with Crippen LogP contribution in [0.4, 0.5) is 0 Å². The van der Waals surface area contributed by atoms with Crippen molar-refractivity contribution in [2.75, 3.05) is 13.7 Å². The summed E-state index contributed by atoms with van der Waals surface area (Å²) in [5, 5.41) is 6.42. The Morgan fingerprint density at radius 2 is 2.25 bits per heavy atom. The Labute approximate surface area is 120 Å². The quantitative estimate of drug-likeness (QED) is 0.835. The third-order valence-electron chi connectivity index (χ3n) is 4.04. The van der Waals surface area contributed by atoms with Gasteiger partial charge in [0.25, 0.3) is 0 Å². The summed E-state index contributed by atoms with van der Waals surface area (Å²) in [6.45, 7) is 4.17. The topological polar surface area (TPSA) is 50.4 Å². The zero-order chi connectivity index (χ0) is 14.4. The maximum Gasteiger partial charge on any atom is 0.240 e. The molecule has 0 spiro atoms. The summed E-state index contributed by atoms with van der Waals surface area (Å²) in [7, 11) is 1.69. The second kappa shape index (κ2) is 6.86. The summed E-state index contributed by atoms with van der Waals surface area (Å²) in [5.74, 6) is 0.120. The van der Waals surface area contributed by atoms with Crippen LogP contribution in [0.25, 0.3) is 0 Å². The van der Waals surface area contributed by atoms with Gasteiger partial charge in [-0.25, -0.2) is 0 Å². The van der Waals surface area contributed by atoms with E-state index in [0.717, 1.165) is 36.9 Å². The molecule has 0 aliphatic carbocycles. The number of hydrogen-bond acceptors (Lipinski definition) is 3. The Hall–Kier alpha value is -1.39. The van der Waals surface area contributed by atoms with Gasteiger partial charge in [0.05, 0.1) is 12.1 Å². The highest BCUT2D eigenvalue weighted by Crippen LogP contribution is 2.23. The number of carbonyl (C=O) groups is 1. The Morgan fingerprint density at radius 1 is 1.45 bits per heavy atom. The van der Waals surface area contributed by atoms with Crippen LogP contribution >= 0.6 is 0 Å². The van der Waals surface area contributed by atoms with Gasteiger partial charge in [0.2, 0.25) is 5.91 Å². The van der Waals surface area contributed by atoms with Crippen LogP contribution in [0.1, 0.15) is 37.3 Å². The monoisotopic (exact) mass is 276 g/mol. The standard InChI is InChI=1S/C16H24N2O2/c1-3-16(8-5-9-18-16)15(19)17-11-13-6-4-7-14(10-13)12-20-2/h4,6-7,10,18H,3,5,8-9,11-12H2,1-2H3,(H,17,19). The van der Waals surface area contributed by atoms with Gasteiger partial charge < -0.3 is 15.4 Å². The molecule has 1 aliphatic rings. The van der Waals surface area contributed by atoms with Gasteiger partial charge in [-0.2, -0.15) is 0 Å². The smallest absolute Gasteiger partial charge is 0.240 e. The normalized spacial score (nSPS) is 21.9. The van der Waals surface area contributed by atoms with Crippen molar-refractivity contribution in [3.05, 3.63) is 35.4 Å². The number of amides is 1. The summed E-state index contributed by atoms with van der Waals surface area (Å²) in [6, 6.07) is 8.13. The van der Waals surface area contributed by atoms with Crippen molar-refractivity contribution in [3.63, 3.8) is 0 Å². The third kappa shape index (κ3) is 3.38. The largest absolute Gasteiger partial charge is 0.380 e. The molecule has 0 bridgehead atoms. The van der Waals surface area contributed by atoms with Gasteiger partial charge in [0.15, 0.2) is 0 Å². The van der Waals surface area contributed by atoms with Crippen molar-refractivity contribution < 1.29 is 9.53 Å². The van der Waals surface area contributed by atoms with Gasteiger partial charge in [-0.05, 0) is 36.9 Å². The van der Waals surface area contributed by atoms with Crippen molar-refractivity contribution in [2.24, 2.45) is 0 Å². The number of nitrogens with one attached hydrogen (secondary N) is 2. The molecule has 0 saturated carbocycles. The lowest BCUT2D eigenvalue weighted by atomic mass is 9.93. The Balaban J connectivity index is 1.94. The molecule has 0 radical (unpaired) electrons. The molecule has 1 aromatic carbocycles. The van der Waals surface area contributed by atoms with Gasteiger partial charge in [0.1, 0.15) is 0 Å². The zero-order valence-corrected chi connectivity index (χ0v) is 12.4. The minimum absolute atomic E-state index is 0.120. The lowest BCUT2D eigenvalue weighted by Gasteiger charge is -2.26. The number of benzene rings is 1. The van der Waals surface area contributed by atoms with E-state index in [2.05, 4.69) is 23.6 Å². The molecule has 20 heavy (non-hydrogen) atoms. The molecule has 2 rings (SSSR count). The predicted molar refractivity (Wildman–Crippen MR) is 79.3 cm³/mol. The summed E-state index contributed by atoms with van der Waals surface area (Å²) in [5.41, 5.74) is 1.88. The van der Waals surface area contributed by atoms with Crippen LogP contribution in [0.2, 0.25) is 0 Å². The maximum atomic E-state index is 12.4. The van der Waals surface area contributed by atoms with Crippen LogP contribution in [-0.4, -0.2) is 25.1 Å². The van der Waals surface area contributed by atoms with Crippen molar-refractivity contribution in [1.29, 1.82) is 0 Å². The lowest BCUT2D eigenvalue weighted by molar-refractivity contribution is -0.127. The van der Waals surface area contributed by atoms with E-state index in [1.54, 1.807) is 7.11 Å². The first kappa shape index (κ1) is 15.0. The average molecular weight is 276 g/mol. The van der Waals surface area contributed by atoms with Crippen molar-refractivity contribution in [2.45, 2.75) is 44.9 Å². The van der Waals surface area contributed by atoms with E-state index in [1.165, 1.54) is 0 Å². The Kier molecular flexibility index (Phi) is 5.15. The molecule has 1 heterocycles. The molecule has 1 unspecified atom stereocenters. The number of rotatable bonds is 6. The molecule has 1 aliphatic heterocycles. The van der Waals surface area contributed by atoms with Crippen LogP contribution in [0.15, 0.2) is 24.3 Å². The van der Waals surface area contributed by atoms with Crippen LogP contribution in [0, 0.1) is 0 Å². The molecule has 1 aromatic rings. The number of hydrogen-bond donors (Lipinski definition) is 2. The summed E-state index contributed by atoms with van der Waals surface area (Å²) < 4.78 is 5.13. The zero-order valence-electron chi connectivity index (χ0n) is 12.4. The highest BCUT2D eigenvalue weighted by molar-refractivity contribution is 5.86. The van der Waals surface area contributed by atoms with Gasteiger partial charge in [-0.15, -0.1) is 0 Å². The van der Waals surface area contributed by atoms with E-state index in [0.29, 0.717) is 13.2 Å². The van der Waals surface area contributed by atoms with Gasteiger partial charge >= 0.3 is 0 Å². The first-order valence-corrected chi connectivity index (χ1v) is 7.30. The van der Waals surface area contributed by atoms with E-state index in [4.69, 9.17) is 4.74 Å². The molecule has 1 saturated heterocycles. The molecule has 1 fully saturated rings. The molecule has 4 heteroatoms. The maximum absolute atomic E-state index is 12.4. The Bertz CT molecular complexity index is 454. The van der Waals surface area contributed by atoms with Crippen LogP contribution in [0.3, 0.4) is 0 Å². The van der Waals surface area contributed by atoms with Crippen LogP contribution < -0.4 is 10.6 Å². The van der Waals surface area contributed by atoms with E-state index in [9.17, 15) is 4.79 Å². The SMILES string of the molecule is CCC1(C(=O)NCc2cccc(COC)c2)CCCN1. The summed E-state index contributed by atoms with van der Waals surface area (Å²) in [6.07, 6.45) is 2.84. The van der Waals surface area contributed by atoms with Gasteiger partial charge in [-0.3, -0.25) is 4.79 Å². The summed E-state index contributed by atoms with van der Waals surface area (Å²) >= 11 is 0. The predicted octanol–water partition coefficient (Wildman–Crippen LogP) is 1.98. The van der Waals surface area contributed by atoms with Gasteiger partial charge in [-0.1, -0.05) is 31.2 Å². The fraction of sp³-hybridized carbons (Fsp3) is 0.562. The number of methoxy groups -OCH3 is 1. The average Bonchev–Trinajstić information content (AvgIpc) is 2.96. The molecular formula is C16H24N2O2. The highest BCUT2D eigenvalue weighted by atomic mass is 16.5. The fourth-order valence-electron chi connectivity index (χ4n) is 2.81. The van der Waals surface area contributed by atoms with Gasteiger partial charge in [0, 0.05) is 13.7 Å². The third-order valence-corrected chi connectivity index (χ3v) is 4.04. The van der Waals surface area contributed by atoms with Crippen LogP contribution in [-0.2, 0) is 22.7 Å². The fourth-order valence-corrected chi connectivity index (χ4v) is 2.81. The number of ether oxygens (including phenoxy) is 1. The highest BCUT2D eigenvalue weighted by Gasteiger charge is 2.38. The molecule has 4 nitrogen and oxygen atoms in total. The second-order valence-corrected chi connectivity index (χ2v) is 5.40. The van der Waals surface area contributed by atoms with E-state index in [-0.39, 0.29) is 11.4 Å². The molecular weight excluding hydrogens is 252 g/mol. The molecule has 2 N–H and O–H groups in total. The first-order valence-electron chi connectivity index (χ1n) is 7.30. The minimum atomic E-state index is -0.357. The van der Waals surface area contributed by atoms with E-state index < -0.39 is 0 Å².